The second-order valence-electron chi connectivity index (χ2n) is 3.40. The van der Waals surface area contributed by atoms with Gasteiger partial charge in [0, 0.05) is 17.7 Å². The number of aliphatic hydroxyl groups is 1. The summed E-state index contributed by atoms with van der Waals surface area (Å²) >= 11 is 0. The van der Waals surface area contributed by atoms with E-state index in [4.69, 9.17) is 19.3 Å². The Morgan fingerprint density at radius 1 is 1.35 bits per heavy atom. The first-order chi connectivity index (χ1) is 8.27. The lowest BCUT2D eigenvalue weighted by Crippen LogP contribution is -1.97. The summed E-state index contributed by atoms with van der Waals surface area (Å²) in [5.74, 6) is 2.24. The third-order valence-electron chi connectivity index (χ3n) is 2.52. The lowest BCUT2D eigenvalue weighted by Gasteiger charge is -2.11. The number of ether oxygens (including phenoxy) is 3. The normalized spacial score (nSPS) is 11.6. The van der Waals surface area contributed by atoms with Crippen LogP contribution in [-0.2, 0) is 6.42 Å². The molecule has 0 atom stereocenters. The van der Waals surface area contributed by atoms with Crippen LogP contribution in [0, 0.1) is 19.8 Å². The van der Waals surface area contributed by atoms with Crippen molar-refractivity contribution in [1.29, 1.82) is 0 Å². The summed E-state index contributed by atoms with van der Waals surface area (Å²) in [6.07, 6.45) is 8.54. The Bertz CT molecular complexity index is 410. The fourth-order valence-corrected chi connectivity index (χ4v) is 1.76. The van der Waals surface area contributed by atoms with E-state index in [-0.39, 0.29) is 13.4 Å². The molecule has 0 saturated carbocycles. The van der Waals surface area contributed by atoms with Crippen LogP contribution in [0.2, 0.25) is 0 Å². The quantitative estimate of drug-likeness (QED) is 0.808. The Hall–Kier alpha value is -1.86. The topological polar surface area (TPSA) is 47.9 Å². The van der Waals surface area contributed by atoms with Gasteiger partial charge in [-0.1, -0.05) is 0 Å². The van der Waals surface area contributed by atoms with Crippen molar-refractivity contribution in [2.45, 2.75) is 13.3 Å². The number of fused-ring (bicyclic) bond motifs is 1. The minimum absolute atomic E-state index is 0.0853. The van der Waals surface area contributed by atoms with E-state index in [1.807, 2.05) is 13.0 Å². The molecule has 4 nitrogen and oxygen atoms in total. The summed E-state index contributed by atoms with van der Waals surface area (Å²) in [5, 5.41) is 8.95. The molecule has 4 heteroatoms. The maximum Gasteiger partial charge on any atom is 0.231 e. The first-order valence-electron chi connectivity index (χ1n) is 5.18. The maximum atomic E-state index is 8.95. The molecule has 1 aromatic rings. The molecule has 0 saturated heterocycles. The zero-order valence-corrected chi connectivity index (χ0v) is 10.0. The van der Waals surface area contributed by atoms with Gasteiger partial charge in [0.25, 0.3) is 0 Å². The molecule has 1 heterocycles. The third-order valence-corrected chi connectivity index (χ3v) is 2.52. The predicted molar refractivity (Wildman–Crippen MR) is 64.5 cm³/mol. The van der Waals surface area contributed by atoms with Crippen LogP contribution in [0.1, 0.15) is 11.1 Å². The number of benzene rings is 1. The molecule has 17 heavy (non-hydrogen) atoms. The maximum absolute atomic E-state index is 8.95. The summed E-state index contributed by atoms with van der Waals surface area (Å²) in [4.78, 5) is 0. The first kappa shape index (κ1) is 13.2. The summed E-state index contributed by atoms with van der Waals surface area (Å²) in [6.45, 7) is 2.25. The first-order valence-corrected chi connectivity index (χ1v) is 5.18. The molecule has 1 aromatic carbocycles. The second kappa shape index (κ2) is 6.02. The van der Waals surface area contributed by atoms with Crippen molar-refractivity contribution >= 4 is 0 Å². The second-order valence-corrected chi connectivity index (χ2v) is 3.40. The monoisotopic (exact) mass is 236 g/mol. The van der Waals surface area contributed by atoms with E-state index >= 15 is 0 Å². The molecule has 1 N–H and O–H groups in total. The zero-order valence-electron chi connectivity index (χ0n) is 10.0. The molecule has 0 bridgehead atoms. The van der Waals surface area contributed by atoms with Gasteiger partial charge in [-0.3, -0.25) is 0 Å². The molecule has 0 aliphatic carbocycles. The van der Waals surface area contributed by atoms with Crippen molar-refractivity contribution in [3.05, 3.63) is 17.2 Å². The van der Waals surface area contributed by atoms with E-state index in [0.717, 1.165) is 28.4 Å². The summed E-state index contributed by atoms with van der Waals surface area (Å²) in [5.41, 5.74) is 1.86. The fourth-order valence-electron chi connectivity index (χ4n) is 1.76. The van der Waals surface area contributed by atoms with Crippen molar-refractivity contribution in [1.82, 2.24) is 0 Å². The van der Waals surface area contributed by atoms with Gasteiger partial charge in [-0.25, -0.2) is 0 Å². The van der Waals surface area contributed by atoms with Crippen molar-refractivity contribution < 1.29 is 19.3 Å². The molecular formula is C13H16O4. The van der Waals surface area contributed by atoms with Crippen LogP contribution in [0.3, 0.4) is 0 Å². The highest BCUT2D eigenvalue weighted by Gasteiger charge is 2.23. The Labute approximate surface area is 101 Å². The molecule has 1 aliphatic heterocycles. The molecule has 2 rings (SSSR count). The van der Waals surface area contributed by atoms with E-state index in [0.29, 0.717) is 6.42 Å². The van der Waals surface area contributed by atoms with Crippen LogP contribution in [0.25, 0.3) is 0 Å². The molecule has 0 aromatic heterocycles. The number of hydrogen-bond donors (Lipinski definition) is 1. The SMILES string of the molecule is C#C.COc1cc(CCO)c2c(c1C)OCO2. The number of methoxy groups -OCH3 is 1. The molecule has 0 radical (unpaired) electrons. The highest BCUT2D eigenvalue weighted by Crippen LogP contribution is 2.43. The summed E-state index contributed by atoms with van der Waals surface area (Å²) in [7, 11) is 1.62. The Balaban J connectivity index is 0.000000686. The lowest BCUT2D eigenvalue weighted by molar-refractivity contribution is 0.172. The smallest absolute Gasteiger partial charge is 0.231 e. The molecule has 1 aliphatic rings. The number of aliphatic hydroxyl groups excluding tert-OH is 1. The predicted octanol–water partition coefficient (Wildman–Crippen LogP) is 1.52. The van der Waals surface area contributed by atoms with E-state index in [1.165, 1.54) is 0 Å². The number of terminal acetylenes is 1. The molecule has 0 fully saturated rings. The van der Waals surface area contributed by atoms with E-state index in [2.05, 4.69) is 12.8 Å². The minimum Gasteiger partial charge on any atom is -0.496 e. The number of rotatable bonds is 3. The Morgan fingerprint density at radius 3 is 2.59 bits per heavy atom. The summed E-state index contributed by atoms with van der Waals surface area (Å²) < 4.78 is 16.0. The van der Waals surface area contributed by atoms with Gasteiger partial charge < -0.3 is 19.3 Å². The van der Waals surface area contributed by atoms with Crippen molar-refractivity contribution in [3.8, 4) is 30.1 Å². The van der Waals surface area contributed by atoms with Gasteiger partial charge in [-0.05, 0) is 19.4 Å². The van der Waals surface area contributed by atoms with Crippen LogP contribution in [0.5, 0.6) is 17.2 Å². The highest BCUT2D eigenvalue weighted by atomic mass is 16.7. The average Bonchev–Trinajstić information content (AvgIpc) is 2.85. The Morgan fingerprint density at radius 2 is 2.00 bits per heavy atom. The van der Waals surface area contributed by atoms with E-state index < -0.39 is 0 Å². The fraction of sp³-hybridized carbons (Fsp3) is 0.385. The van der Waals surface area contributed by atoms with Crippen LogP contribution in [0.4, 0.5) is 0 Å². The van der Waals surface area contributed by atoms with Crippen LogP contribution in [0.15, 0.2) is 6.07 Å². The lowest BCUT2D eigenvalue weighted by atomic mass is 10.1. The largest absolute Gasteiger partial charge is 0.496 e. The zero-order chi connectivity index (χ0) is 12.8. The standard InChI is InChI=1S/C11H14O4.C2H2/c1-7-9(13-2)5-8(3-4-12)11-10(7)14-6-15-11;1-2/h5,12H,3-4,6H2,1-2H3;1-2H. The van der Waals surface area contributed by atoms with Gasteiger partial charge in [0.1, 0.15) is 5.75 Å². The van der Waals surface area contributed by atoms with Gasteiger partial charge in [0.2, 0.25) is 6.79 Å². The van der Waals surface area contributed by atoms with Crippen molar-refractivity contribution in [2.75, 3.05) is 20.5 Å². The van der Waals surface area contributed by atoms with Crippen LogP contribution >= 0.6 is 0 Å². The third kappa shape index (κ3) is 2.45. The van der Waals surface area contributed by atoms with Gasteiger partial charge in [0.15, 0.2) is 11.5 Å². The van der Waals surface area contributed by atoms with E-state index in [9.17, 15) is 0 Å². The summed E-state index contributed by atoms with van der Waals surface area (Å²) in [6, 6.07) is 1.89. The van der Waals surface area contributed by atoms with Gasteiger partial charge in [-0.15, -0.1) is 12.8 Å². The van der Waals surface area contributed by atoms with Gasteiger partial charge in [-0.2, -0.15) is 0 Å². The highest BCUT2D eigenvalue weighted by molar-refractivity contribution is 5.59. The minimum atomic E-state index is 0.0853. The molecule has 0 spiro atoms. The van der Waals surface area contributed by atoms with E-state index in [1.54, 1.807) is 7.11 Å². The molecule has 92 valence electrons. The number of hydrogen-bond acceptors (Lipinski definition) is 4. The van der Waals surface area contributed by atoms with Crippen molar-refractivity contribution in [2.24, 2.45) is 0 Å². The molecular weight excluding hydrogens is 220 g/mol. The van der Waals surface area contributed by atoms with Crippen LogP contribution < -0.4 is 14.2 Å². The van der Waals surface area contributed by atoms with Gasteiger partial charge in [0.05, 0.1) is 7.11 Å². The molecule has 0 amide bonds. The van der Waals surface area contributed by atoms with Crippen molar-refractivity contribution in [3.63, 3.8) is 0 Å². The van der Waals surface area contributed by atoms with Gasteiger partial charge >= 0.3 is 0 Å². The average molecular weight is 236 g/mol. The molecule has 0 unspecified atom stereocenters. The Kier molecular flexibility index (Phi) is 4.68. The van der Waals surface area contributed by atoms with Crippen LogP contribution in [-0.4, -0.2) is 25.6 Å².